The highest BCUT2D eigenvalue weighted by molar-refractivity contribution is 5.84. The molecule has 3 nitrogen and oxygen atoms in total. The average Bonchev–Trinajstić information content (AvgIpc) is 2.23. The van der Waals surface area contributed by atoms with E-state index in [4.69, 9.17) is 9.26 Å². The van der Waals surface area contributed by atoms with Crippen LogP contribution in [0, 0.1) is 0 Å². The first-order valence-electron chi connectivity index (χ1n) is 3.41. The van der Waals surface area contributed by atoms with Crippen LogP contribution in [0.2, 0.25) is 0 Å². The first-order valence-corrected chi connectivity index (χ1v) is 3.41. The molecule has 0 amide bonds. The highest BCUT2D eigenvalue weighted by atomic mass is 17.1. The maximum Gasteiger partial charge on any atom is 0.290 e. The summed E-state index contributed by atoms with van der Waals surface area (Å²) in [7, 11) is 0. The van der Waals surface area contributed by atoms with Crippen molar-refractivity contribution in [2.45, 2.75) is 0 Å². The van der Waals surface area contributed by atoms with Gasteiger partial charge in [0.2, 0.25) is 0 Å². The lowest BCUT2D eigenvalue weighted by atomic mass is 10.3. The third-order valence-electron chi connectivity index (χ3n) is 1.83. The molecular weight excluding hydrogens is 142 g/mol. The van der Waals surface area contributed by atoms with Gasteiger partial charge >= 0.3 is 0 Å². The minimum absolute atomic E-state index is 0.770. The predicted molar refractivity (Wildman–Crippen MR) is 39.4 cm³/mol. The zero-order valence-electron chi connectivity index (χ0n) is 5.65. The van der Waals surface area contributed by atoms with E-state index in [0.29, 0.717) is 0 Å². The van der Waals surface area contributed by atoms with Crippen molar-refractivity contribution in [1.82, 2.24) is 4.57 Å². The fourth-order valence-electron chi connectivity index (χ4n) is 1.29. The molecule has 11 heavy (non-hydrogen) atoms. The van der Waals surface area contributed by atoms with Gasteiger partial charge in [0, 0.05) is 11.5 Å². The van der Waals surface area contributed by atoms with Gasteiger partial charge in [0.05, 0.1) is 5.52 Å². The summed E-state index contributed by atoms with van der Waals surface area (Å²) < 4.78 is 11.1. The minimum Gasteiger partial charge on any atom is -0.246 e. The molecule has 0 aliphatic carbocycles. The van der Waals surface area contributed by atoms with Crippen molar-refractivity contribution in [1.29, 1.82) is 0 Å². The third-order valence-corrected chi connectivity index (χ3v) is 1.83. The fourth-order valence-corrected chi connectivity index (χ4v) is 1.29. The smallest absolute Gasteiger partial charge is 0.246 e. The van der Waals surface area contributed by atoms with E-state index in [1.54, 1.807) is 4.57 Å². The SMILES string of the molecule is c1ccc2c(c1)cc1oon12. The molecule has 0 atom stereocenters. The molecule has 3 aromatic rings. The number of hydrogen-bond acceptors (Lipinski definition) is 2. The number of aromatic nitrogens is 1. The van der Waals surface area contributed by atoms with Gasteiger partial charge in [0.25, 0.3) is 5.71 Å². The Labute approximate surface area is 61.7 Å². The van der Waals surface area contributed by atoms with Crippen molar-refractivity contribution < 1.29 is 9.26 Å². The van der Waals surface area contributed by atoms with Crippen molar-refractivity contribution in [3.8, 4) is 0 Å². The van der Waals surface area contributed by atoms with E-state index in [1.807, 2.05) is 30.3 Å². The van der Waals surface area contributed by atoms with E-state index in [9.17, 15) is 0 Å². The van der Waals surface area contributed by atoms with Gasteiger partial charge in [-0.15, -0.1) is 0 Å². The summed E-state index contributed by atoms with van der Waals surface area (Å²) in [6, 6.07) is 9.91. The van der Waals surface area contributed by atoms with Crippen molar-refractivity contribution >= 4 is 16.6 Å². The topological polar surface area (TPSA) is 30.7 Å². The quantitative estimate of drug-likeness (QED) is 0.456. The largest absolute Gasteiger partial charge is 0.290 e. The standard InChI is InChI=1S/C8H5NO2/c1-2-4-7-6(3-1)5-8-9(7)11-10-8/h1-5H. The van der Waals surface area contributed by atoms with Crippen LogP contribution in [0.4, 0.5) is 0 Å². The van der Waals surface area contributed by atoms with Gasteiger partial charge in [-0.05, 0) is 6.07 Å². The molecule has 0 fully saturated rings. The summed E-state index contributed by atoms with van der Waals surface area (Å²) in [5.41, 5.74) is 1.82. The monoisotopic (exact) mass is 147 g/mol. The molecule has 0 N–H and O–H groups in total. The lowest BCUT2D eigenvalue weighted by Crippen LogP contribution is -1.84. The van der Waals surface area contributed by atoms with E-state index >= 15 is 0 Å². The Kier molecular flexibility index (Phi) is 0.692. The van der Waals surface area contributed by atoms with Gasteiger partial charge in [-0.25, -0.2) is 4.58 Å². The summed E-state index contributed by atoms with van der Waals surface area (Å²) in [5, 5.41) is 1.14. The fraction of sp³-hybridized carbons (Fsp3) is 0. The molecule has 0 saturated heterocycles. The lowest BCUT2D eigenvalue weighted by Gasteiger charge is -1.92. The van der Waals surface area contributed by atoms with Crippen LogP contribution in [-0.2, 0) is 0 Å². The molecule has 0 bridgehead atoms. The molecule has 0 spiro atoms. The molecule has 3 heteroatoms. The maximum atomic E-state index is 4.75. The molecular formula is C8H5NO2. The molecule has 0 radical (unpaired) electrons. The zero-order chi connectivity index (χ0) is 7.26. The normalized spacial score (nSPS) is 11.6. The lowest BCUT2D eigenvalue weighted by molar-refractivity contribution is -0.0629. The van der Waals surface area contributed by atoms with E-state index < -0.39 is 0 Å². The van der Waals surface area contributed by atoms with Crippen LogP contribution in [0.1, 0.15) is 0 Å². The molecule has 0 saturated carbocycles. The average molecular weight is 147 g/mol. The van der Waals surface area contributed by atoms with Crippen LogP contribution < -0.4 is 0 Å². The summed E-state index contributed by atoms with van der Waals surface area (Å²) in [4.78, 5) is 0. The number of fused-ring (bicyclic) bond motifs is 3. The van der Waals surface area contributed by atoms with Gasteiger partial charge < -0.3 is 0 Å². The summed E-state index contributed by atoms with van der Waals surface area (Å²) >= 11 is 0. The Morgan fingerprint density at radius 2 is 2.09 bits per heavy atom. The van der Waals surface area contributed by atoms with Crippen LogP contribution in [0.15, 0.2) is 39.6 Å². The zero-order valence-corrected chi connectivity index (χ0v) is 5.65. The Morgan fingerprint density at radius 3 is 2.91 bits per heavy atom. The van der Waals surface area contributed by atoms with Gasteiger partial charge in [-0.1, -0.05) is 22.8 Å². The van der Waals surface area contributed by atoms with E-state index in [1.165, 1.54) is 0 Å². The second-order valence-corrected chi connectivity index (χ2v) is 2.49. The molecule has 2 heterocycles. The van der Waals surface area contributed by atoms with Gasteiger partial charge in [0.1, 0.15) is 0 Å². The number of para-hydroxylation sites is 1. The number of benzene rings is 1. The molecule has 0 aliphatic heterocycles. The molecule has 54 valence electrons. The second-order valence-electron chi connectivity index (χ2n) is 2.49. The van der Waals surface area contributed by atoms with E-state index in [0.717, 1.165) is 16.6 Å². The molecule has 2 aromatic heterocycles. The first-order chi connectivity index (χ1) is 5.45. The Balaban J connectivity index is 2.68. The summed E-state index contributed by atoms with van der Waals surface area (Å²) in [6.07, 6.45) is 0. The third kappa shape index (κ3) is 0.487. The van der Waals surface area contributed by atoms with Gasteiger partial charge in [0.15, 0.2) is 0 Å². The highest BCUT2D eigenvalue weighted by Crippen LogP contribution is 2.21. The Morgan fingerprint density at radius 1 is 1.18 bits per heavy atom. The van der Waals surface area contributed by atoms with Crippen molar-refractivity contribution in [3.63, 3.8) is 0 Å². The van der Waals surface area contributed by atoms with Crippen LogP contribution >= 0.6 is 0 Å². The number of hydrogen-bond donors (Lipinski definition) is 0. The van der Waals surface area contributed by atoms with Crippen molar-refractivity contribution in [2.24, 2.45) is 0 Å². The van der Waals surface area contributed by atoms with E-state index in [-0.39, 0.29) is 0 Å². The Bertz CT molecular complexity index is 500. The van der Waals surface area contributed by atoms with Gasteiger partial charge in [-0.2, -0.15) is 4.68 Å². The van der Waals surface area contributed by atoms with Gasteiger partial charge in [-0.3, -0.25) is 0 Å². The molecule has 3 rings (SSSR count). The van der Waals surface area contributed by atoms with Crippen molar-refractivity contribution in [3.05, 3.63) is 30.3 Å². The first kappa shape index (κ1) is 5.07. The molecule has 1 aromatic carbocycles. The number of rotatable bonds is 0. The second kappa shape index (κ2) is 1.50. The van der Waals surface area contributed by atoms with Crippen LogP contribution in [0.25, 0.3) is 16.6 Å². The number of nitrogens with zero attached hydrogens (tertiary/aromatic N) is 1. The summed E-state index contributed by atoms with van der Waals surface area (Å²) in [6.45, 7) is 0. The maximum absolute atomic E-state index is 4.75. The molecule has 0 aliphatic rings. The van der Waals surface area contributed by atoms with Crippen LogP contribution in [0.3, 0.4) is 0 Å². The Hall–Kier alpha value is -1.64. The van der Waals surface area contributed by atoms with Crippen molar-refractivity contribution in [2.75, 3.05) is 0 Å². The van der Waals surface area contributed by atoms with E-state index in [2.05, 4.69) is 0 Å². The molecule has 0 unspecified atom stereocenters. The van der Waals surface area contributed by atoms with Crippen LogP contribution in [0.5, 0.6) is 0 Å². The highest BCUT2D eigenvalue weighted by Gasteiger charge is 2.07. The predicted octanol–water partition coefficient (Wildman–Crippen LogP) is 2.28. The van der Waals surface area contributed by atoms with Crippen LogP contribution in [-0.4, -0.2) is 4.57 Å². The summed E-state index contributed by atoms with van der Waals surface area (Å²) in [5.74, 6) is 0. The minimum atomic E-state index is 0.770.